The number of phenols is 4. The van der Waals surface area contributed by atoms with E-state index in [-0.39, 0.29) is 28.5 Å². The van der Waals surface area contributed by atoms with Crippen molar-refractivity contribution in [1.82, 2.24) is 4.90 Å². The maximum absolute atomic E-state index is 13.7. The largest absolute Gasteiger partial charge is 0.504 e. The molecule has 10 nitrogen and oxygen atoms in total. The quantitative estimate of drug-likeness (QED) is 0.216. The zero-order chi connectivity index (χ0) is 25.3. The highest BCUT2D eigenvalue weighted by Crippen LogP contribution is 2.49. The molecular formula is C26H27NO9. The molecule has 0 amide bonds. The molecule has 1 unspecified atom stereocenters. The van der Waals surface area contributed by atoms with E-state index in [4.69, 9.17) is 0 Å². The number of carboxylic acids is 1. The van der Waals surface area contributed by atoms with Gasteiger partial charge in [-0.15, -0.1) is 0 Å². The Morgan fingerprint density at radius 1 is 0.778 bits per heavy atom. The van der Waals surface area contributed by atoms with Gasteiger partial charge in [-0.1, -0.05) is 24.3 Å². The summed E-state index contributed by atoms with van der Waals surface area (Å²) in [6.07, 6.45) is 6.03. The van der Waals surface area contributed by atoms with Gasteiger partial charge in [0.05, 0.1) is 0 Å². The smallest absolute Gasteiger partial charge is 0.322 e. The Kier molecular flexibility index (Phi) is 7.51. The topological polar surface area (TPSA) is 187 Å². The predicted molar refractivity (Wildman–Crippen MR) is 129 cm³/mol. The highest BCUT2D eigenvalue weighted by atomic mass is 16.4. The Morgan fingerprint density at radius 3 is 1.61 bits per heavy atom. The van der Waals surface area contributed by atoms with Crippen molar-refractivity contribution in [2.75, 3.05) is 13.1 Å². The van der Waals surface area contributed by atoms with E-state index in [1.54, 1.807) is 4.90 Å². The van der Waals surface area contributed by atoms with Crippen LogP contribution < -0.4 is 0 Å². The summed E-state index contributed by atoms with van der Waals surface area (Å²) in [5.41, 5.74) is -1.08. The third-order valence-corrected chi connectivity index (χ3v) is 6.87. The average molecular weight is 498 g/mol. The zero-order valence-electron chi connectivity index (χ0n) is 19.2. The number of piperidine rings is 3. The minimum absolute atomic E-state index is 0. The summed E-state index contributed by atoms with van der Waals surface area (Å²) in [4.78, 5) is 41.4. The molecule has 0 radical (unpaired) electrons. The number of hydrogen-bond acceptors (Lipinski definition) is 8. The molecule has 0 aromatic heterocycles. The lowest BCUT2D eigenvalue weighted by Gasteiger charge is -2.54. The van der Waals surface area contributed by atoms with Crippen LogP contribution in [-0.2, 0) is 14.4 Å². The minimum Gasteiger partial charge on any atom is -0.504 e. The molecule has 2 aromatic rings. The molecule has 0 saturated carbocycles. The van der Waals surface area contributed by atoms with Crippen molar-refractivity contribution in [2.24, 2.45) is 11.3 Å². The van der Waals surface area contributed by atoms with Crippen LogP contribution in [0, 0.1) is 11.3 Å². The van der Waals surface area contributed by atoms with Crippen molar-refractivity contribution >= 4 is 29.7 Å². The fraction of sp³-hybridized carbons (Fsp3) is 0.269. The summed E-state index contributed by atoms with van der Waals surface area (Å²) in [7, 11) is 0. The number of benzene rings is 2. The van der Waals surface area contributed by atoms with Crippen molar-refractivity contribution in [3.63, 3.8) is 0 Å². The van der Waals surface area contributed by atoms with Gasteiger partial charge in [-0.2, -0.15) is 0 Å². The molecular weight excluding hydrogens is 470 g/mol. The van der Waals surface area contributed by atoms with Gasteiger partial charge >= 0.3 is 5.97 Å². The number of allylic oxidation sites excluding steroid dienone is 2. The molecule has 5 rings (SSSR count). The van der Waals surface area contributed by atoms with Gasteiger partial charge in [-0.25, -0.2) is 0 Å². The first-order valence-corrected chi connectivity index (χ1v) is 11.1. The normalized spacial score (nSPS) is 22.4. The Bertz CT molecular complexity index is 1170. The number of hydrogen-bond donors (Lipinski definition) is 5. The van der Waals surface area contributed by atoms with Gasteiger partial charge in [-0.05, 0) is 79.4 Å². The number of rotatable bonds is 7. The van der Waals surface area contributed by atoms with Crippen LogP contribution in [0.1, 0.15) is 24.0 Å². The lowest BCUT2D eigenvalue weighted by Crippen LogP contribution is -2.69. The van der Waals surface area contributed by atoms with Crippen LogP contribution >= 0.6 is 0 Å². The Hall–Kier alpha value is -4.15. The highest BCUT2D eigenvalue weighted by molar-refractivity contribution is 6.20. The molecule has 1 atom stereocenters. The van der Waals surface area contributed by atoms with Gasteiger partial charge in [0.2, 0.25) is 0 Å². The molecule has 3 aliphatic rings. The lowest BCUT2D eigenvalue weighted by molar-refractivity contribution is -0.173. The standard InChI is InChI=1S/C26H25NO8.H2O/c28-18-5-1-15(13-20(18)30)3-7-22(32)26(17-9-11-27(12-10-17)24(26)25(34)35)23(33)8-4-16-2-6-19(29)21(31)14-16;/h1-8,13-14,17,24,28-31H,9-12H2,(H,34,35);1H2/b7-3+,8-4+;. The van der Waals surface area contributed by atoms with Gasteiger partial charge in [0, 0.05) is 0 Å². The van der Waals surface area contributed by atoms with Crippen LogP contribution in [0.25, 0.3) is 12.2 Å². The van der Waals surface area contributed by atoms with E-state index < -0.39 is 34.9 Å². The number of aromatic hydroxyl groups is 4. The van der Waals surface area contributed by atoms with E-state index in [9.17, 15) is 39.9 Å². The molecule has 190 valence electrons. The van der Waals surface area contributed by atoms with E-state index in [1.165, 1.54) is 48.6 Å². The number of carbonyl (C=O) groups excluding carboxylic acids is 2. The molecule has 3 aliphatic heterocycles. The SMILES string of the molecule is O.O=C(O)C1N2CCC(CC2)C1(C(=O)/C=C/c1ccc(O)c(O)c1)C(=O)/C=C/c1ccc(O)c(O)c1. The first-order chi connectivity index (χ1) is 16.6. The molecule has 10 heteroatoms. The van der Waals surface area contributed by atoms with Crippen LogP contribution in [0.2, 0.25) is 0 Å². The average Bonchev–Trinajstić information content (AvgIpc) is 2.84. The van der Waals surface area contributed by atoms with Gasteiger partial charge in [-0.3, -0.25) is 19.3 Å². The predicted octanol–water partition coefficient (Wildman–Crippen LogP) is 1.71. The monoisotopic (exact) mass is 497 g/mol. The molecule has 2 bridgehead atoms. The van der Waals surface area contributed by atoms with Crippen molar-refractivity contribution in [3.8, 4) is 23.0 Å². The van der Waals surface area contributed by atoms with E-state index >= 15 is 0 Å². The van der Waals surface area contributed by atoms with Crippen molar-refractivity contribution in [2.45, 2.75) is 18.9 Å². The van der Waals surface area contributed by atoms with Gasteiger partial charge in [0.15, 0.2) is 34.6 Å². The maximum atomic E-state index is 13.7. The van der Waals surface area contributed by atoms with Gasteiger partial charge in [0.1, 0.15) is 11.5 Å². The summed E-state index contributed by atoms with van der Waals surface area (Å²) >= 11 is 0. The summed E-state index contributed by atoms with van der Waals surface area (Å²) in [6.45, 7) is 0.935. The second-order valence-corrected chi connectivity index (χ2v) is 8.81. The fourth-order valence-electron chi connectivity index (χ4n) is 5.18. The fourth-order valence-corrected chi connectivity index (χ4v) is 5.18. The Labute approximate surface area is 206 Å². The lowest BCUT2D eigenvalue weighted by atomic mass is 9.57. The van der Waals surface area contributed by atoms with Crippen molar-refractivity contribution < 1.29 is 45.4 Å². The van der Waals surface area contributed by atoms with Gasteiger partial charge < -0.3 is 31.0 Å². The summed E-state index contributed by atoms with van der Waals surface area (Å²) < 4.78 is 0. The van der Waals surface area contributed by atoms with Crippen LogP contribution in [0.4, 0.5) is 0 Å². The maximum Gasteiger partial charge on any atom is 0.322 e. The summed E-state index contributed by atoms with van der Waals surface area (Å²) in [5, 5.41) is 48.5. The number of carboxylic acid groups (broad SMARTS) is 1. The molecule has 36 heavy (non-hydrogen) atoms. The first-order valence-electron chi connectivity index (χ1n) is 11.1. The number of ketones is 2. The molecule has 3 fully saturated rings. The van der Waals surface area contributed by atoms with Gasteiger partial charge in [0.25, 0.3) is 0 Å². The molecule has 7 N–H and O–H groups in total. The summed E-state index contributed by atoms with van der Waals surface area (Å²) in [6, 6.07) is 6.60. The minimum atomic E-state index is -1.85. The molecule has 0 aliphatic carbocycles. The van der Waals surface area contributed by atoms with E-state index in [1.807, 2.05) is 0 Å². The van der Waals surface area contributed by atoms with Crippen LogP contribution in [0.5, 0.6) is 23.0 Å². The Balaban J connectivity index is 0.00000361. The summed E-state index contributed by atoms with van der Waals surface area (Å²) in [5.74, 6) is -4.46. The van der Waals surface area contributed by atoms with E-state index in [0.717, 1.165) is 12.2 Å². The number of fused-ring (bicyclic) bond motifs is 3. The second kappa shape index (κ2) is 10.2. The highest BCUT2D eigenvalue weighted by Gasteiger charge is 2.63. The molecule has 0 spiro atoms. The van der Waals surface area contributed by atoms with E-state index in [0.29, 0.717) is 37.1 Å². The van der Waals surface area contributed by atoms with Crippen LogP contribution in [-0.4, -0.2) is 72.6 Å². The van der Waals surface area contributed by atoms with Crippen molar-refractivity contribution in [1.29, 1.82) is 0 Å². The number of aliphatic carboxylic acids is 1. The molecule has 3 heterocycles. The number of nitrogens with zero attached hydrogens (tertiary/aromatic N) is 1. The number of carbonyl (C=O) groups is 3. The third kappa shape index (κ3) is 4.56. The Morgan fingerprint density at radius 2 is 1.22 bits per heavy atom. The van der Waals surface area contributed by atoms with Crippen LogP contribution in [0.3, 0.4) is 0 Å². The second-order valence-electron chi connectivity index (χ2n) is 8.81. The first kappa shape index (κ1) is 26.5. The number of phenolic OH excluding ortho intramolecular Hbond substituents is 4. The molecule has 2 aromatic carbocycles. The zero-order valence-corrected chi connectivity index (χ0v) is 19.2. The van der Waals surface area contributed by atoms with E-state index in [2.05, 4.69) is 0 Å². The van der Waals surface area contributed by atoms with Crippen molar-refractivity contribution in [3.05, 3.63) is 59.7 Å². The molecule has 3 saturated heterocycles. The third-order valence-electron chi connectivity index (χ3n) is 6.87. The van der Waals surface area contributed by atoms with Crippen LogP contribution in [0.15, 0.2) is 48.6 Å².